The highest BCUT2D eigenvalue weighted by Crippen LogP contribution is 2.38. The molecule has 4 heteroatoms. The second-order valence-electron chi connectivity index (χ2n) is 7.23. The van der Waals surface area contributed by atoms with E-state index in [1.165, 1.54) is 30.4 Å². The number of aryl methyl sites for hydroxylation is 1. The predicted octanol–water partition coefficient (Wildman–Crippen LogP) is 3.71. The van der Waals surface area contributed by atoms with Crippen LogP contribution in [0.15, 0.2) is 42.5 Å². The maximum absolute atomic E-state index is 13.3. The molecule has 0 amide bonds. The summed E-state index contributed by atoms with van der Waals surface area (Å²) in [7, 11) is 1.46. The van der Waals surface area contributed by atoms with Crippen molar-refractivity contribution in [2.75, 3.05) is 20.2 Å². The van der Waals surface area contributed by atoms with Crippen LogP contribution < -0.4 is 0 Å². The Balaban J connectivity index is 1.49. The fourth-order valence-corrected chi connectivity index (χ4v) is 4.19. The fraction of sp³-hybridized carbons (Fsp3) is 0.348. The summed E-state index contributed by atoms with van der Waals surface area (Å²) in [6.07, 6.45) is 2.97. The fourth-order valence-electron chi connectivity index (χ4n) is 4.19. The van der Waals surface area contributed by atoms with E-state index in [4.69, 9.17) is 4.74 Å². The van der Waals surface area contributed by atoms with Crippen LogP contribution >= 0.6 is 0 Å². The zero-order chi connectivity index (χ0) is 18.8. The first kappa shape index (κ1) is 17.8. The van der Waals surface area contributed by atoms with Gasteiger partial charge in [0.1, 0.15) is 5.82 Å². The minimum absolute atomic E-state index is 0.00421. The summed E-state index contributed by atoms with van der Waals surface area (Å²) >= 11 is 0. The Hall–Kier alpha value is -2.64. The lowest BCUT2D eigenvalue weighted by atomic mass is 10.0. The summed E-state index contributed by atoms with van der Waals surface area (Å²) in [5.74, 6) is 5.80. The number of methoxy groups -OCH3 is 1. The number of carbonyl (C=O) groups is 1. The molecular weight excluding hydrogens is 341 g/mol. The molecule has 0 aromatic heterocycles. The number of fused-ring (bicyclic) bond motifs is 1. The summed E-state index contributed by atoms with van der Waals surface area (Å²) in [5, 5.41) is 0. The minimum Gasteiger partial charge on any atom is -0.469 e. The third-order valence-corrected chi connectivity index (χ3v) is 5.56. The highest BCUT2D eigenvalue weighted by Gasteiger charge is 2.36. The number of carbonyl (C=O) groups excluding carboxylic acids is 1. The molecule has 1 saturated heterocycles. The number of esters is 1. The standard InChI is InChI=1S/C23H22FNO2/c1-27-23(26)19-11-12-25(15-19)22-10-8-18-13-17(7-9-21(18)22)6-5-16-3-2-4-20(24)14-16/h2-4,7,9,13-14,19,22H,8,10-12,15H2,1H3/t19-,22?/m1/s1. The molecule has 1 unspecified atom stereocenters. The van der Waals surface area contributed by atoms with Crippen molar-refractivity contribution in [1.29, 1.82) is 0 Å². The molecule has 1 fully saturated rings. The predicted molar refractivity (Wildman–Crippen MR) is 102 cm³/mol. The molecule has 138 valence electrons. The second-order valence-corrected chi connectivity index (χ2v) is 7.23. The summed E-state index contributed by atoms with van der Waals surface area (Å²) in [6, 6.07) is 13.1. The molecule has 0 N–H and O–H groups in total. The molecule has 2 aromatic carbocycles. The van der Waals surface area contributed by atoms with Gasteiger partial charge in [0.15, 0.2) is 0 Å². The van der Waals surface area contributed by atoms with Crippen LogP contribution in [-0.2, 0) is 16.0 Å². The molecule has 1 aliphatic heterocycles. The van der Waals surface area contributed by atoms with Gasteiger partial charge in [0.25, 0.3) is 0 Å². The van der Waals surface area contributed by atoms with Gasteiger partial charge in [0, 0.05) is 23.7 Å². The maximum Gasteiger partial charge on any atom is 0.310 e. The first-order valence-corrected chi connectivity index (χ1v) is 9.36. The van der Waals surface area contributed by atoms with Crippen molar-refractivity contribution in [3.05, 3.63) is 70.5 Å². The third kappa shape index (κ3) is 3.74. The van der Waals surface area contributed by atoms with Crippen LogP contribution in [0.2, 0.25) is 0 Å². The van der Waals surface area contributed by atoms with E-state index in [2.05, 4.69) is 28.9 Å². The first-order chi connectivity index (χ1) is 13.1. The molecule has 0 radical (unpaired) electrons. The van der Waals surface area contributed by atoms with E-state index in [1.807, 2.05) is 12.1 Å². The molecule has 0 bridgehead atoms. The average Bonchev–Trinajstić information content (AvgIpc) is 3.32. The first-order valence-electron chi connectivity index (χ1n) is 9.36. The van der Waals surface area contributed by atoms with E-state index in [9.17, 15) is 9.18 Å². The molecule has 2 aromatic rings. The molecule has 0 spiro atoms. The lowest BCUT2D eigenvalue weighted by molar-refractivity contribution is -0.145. The van der Waals surface area contributed by atoms with Gasteiger partial charge in [0.05, 0.1) is 13.0 Å². The van der Waals surface area contributed by atoms with E-state index in [0.717, 1.165) is 37.9 Å². The van der Waals surface area contributed by atoms with Gasteiger partial charge < -0.3 is 4.74 Å². The molecule has 1 aliphatic carbocycles. The average molecular weight is 363 g/mol. The smallest absolute Gasteiger partial charge is 0.310 e. The van der Waals surface area contributed by atoms with E-state index < -0.39 is 0 Å². The highest BCUT2D eigenvalue weighted by atomic mass is 19.1. The number of likely N-dealkylation sites (tertiary alicyclic amines) is 1. The molecule has 2 aliphatic rings. The Morgan fingerprint density at radius 3 is 2.74 bits per heavy atom. The van der Waals surface area contributed by atoms with Gasteiger partial charge in [-0.2, -0.15) is 0 Å². The van der Waals surface area contributed by atoms with Crippen LogP contribution in [0.4, 0.5) is 4.39 Å². The normalized spacial score (nSPS) is 21.4. The van der Waals surface area contributed by atoms with Crippen LogP contribution in [0.25, 0.3) is 0 Å². The largest absolute Gasteiger partial charge is 0.469 e. The summed E-state index contributed by atoms with van der Waals surface area (Å²) in [6.45, 7) is 1.71. The topological polar surface area (TPSA) is 29.5 Å². The van der Waals surface area contributed by atoms with Crippen molar-refractivity contribution in [3.8, 4) is 11.8 Å². The van der Waals surface area contributed by atoms with E-state index in [1.54, 1.807) is 6.07 Å². The summed E-state index contributed by atoms with van der Waals surface area (Å²) in [5.41, 5.74) is 4.30. The Kier molecular flexibility index (Phi) is 4.96. The second kappa shape index (κ2) is 7.54. The van der Waals surface area contributed by atoms with E-state index in [0.29, 0.717) is 11.6 Å². The molecule has 3 nitrogen and oxygen atoms in total. The monoisotopic (exact) mass is 363 g/mol. The van der Waals surface area contributed by atoms with Crippen LogP contribution in [0.3, 0.4) is 0 Å². The lowest BCUT2D eigenvalue weighted by Crippen LogP contribution is -2.27. The van der Waals surface area contributed by atoms with Crippen LogP contribution in [-0.4, -0.2) is 31.1 Å². The highest BCUT2D eigenvalue weighted by molar-refractivity contribution is 5.72. The van der Waals surface area contributed by atoms with Crippen molar-refractivity contribution < 1.29 is 13.9 Å². The van der Waals surface area contributed by atoms with Gasteiger partial charge in [-0.05, 0) is 67.3 Å². The zero-order valence-corrected chi connectivity index (χ0v) is 15.4. The quantitative estimate of drug-likeness (QED) is 0.602. The van der Waals surface area contributed by atoms with E-state index in [-0.39, 0.29) is 17.7 Å². The minimum atomic E-state index is -0.269. The molecule has 4 rings (SSSR count). The molecule has 27 heavy (non-hydrogen) atoms. The van der Waals surface area contributed by atoms with Gasteiger partial charge >= 0.3 is 5.97 Å². The molecule has 2 atom stereocenters. The van der Waals surface area contributed by atoms with Gasteiger partial charge in [-0.25, -0.2) is 4.39 Å². The van der Waals surface area contributed by atoms with E-state index >= 15 is 0 Å². The van der Waals surface area contributed by atoms with Gasteiger partial charge in [-0.15, -0.1) is 0 Å². The number of ether oxygens (including phenoxy) is 1. The number of nitrogens with zero attached hydrogens (tertiary/aromatic N) is 1. The number of rotatable bonds is 2. The molecule has 1 heterocycles. The number of hydrogen-bond donors (Lipinski definition) is 0. The van der Waals surface area contributed by atoms with Crippen molar-refractivity contribution in [1.82, 2.24) is 4.90 Å². The molecule has 0 saturated carbocycles. The lowest BCUT2D eigenvalue weighted by Gasteiger charge is -2.24. The number of halogens is 1. The molecular formula is C23H22FNO2. The van der Waals surface area contributed by atoms with Crippen molar-refractivity contribution in [3.63, 3.8) is 0 Å². The maximum atomic E-state index is 13.3. The van der Waals surface area contributed by atoms with Crippen molar-refractivity contribution in [2.45, 2.75) is 25.3 Å². The zero-order valence-electron chi connectivity index (χ0n) is 15.4. The summed E-state index contributed by atoms with van der Waals surface area (Å²) < 4.78 is 18.2. The van der Waals surface area contributed by atoms with Gasteiger partial charge in [0.2, 0.25) is 0 Å². The van der Waals surface area contributed by atoms with Crippen LogP contribution in [0.1, 0.15) is 41.1 Å². The van der Waals surface area contributed by atoms with Crippen LogP contribution in [0.5, 0.6) is 0 Å². The number of benzene rings is 2. The third-order valence-electron chi connectivity index (χ3n) is 5.56. The van der Waals surface area contributed by atoms with Crippen molar-refractivity contribution in [2.24, 2.45) is 5.92 Å². The van der Waals surface area contributed by atoms with Gasteiger partial charge in [-0.3, -0.25) is 9.69 Å². The Morgan fingerprint density at radius 2 is 1.96 bits per heavy atom. The Labute approximate surface area is 159 Å². The summed E-state index contributed by atoms with van der Waals surface area (Å²) in [4.78, 5) is 14.2. The van der Waals surface area contributed by atoms with Gasteiger partial charge in [-0.1, -0.05) is 24.0 Å². The van der Waals surface area contributed by atoms with Crippen molar-refractivity contribution >= 4 is 5.97 Å². The number of hydrogen-bond acceptors (Lipinski definition) is 3. The Morgan fingerprint density at radius 1 is 1.15 bits per heavy atom. The van der Waals surface area contributed by atoms with Crippen LogP contribution in [0, 0.1) is 23.6 Å². The Bertz CT molecular complexity index is 927. The SMILES string of the molecule is COC(=O)[C@@H]1CCN(C2CCc3cc(C#Cc4cccc(F)c4)ccc32)C1.